The summed E-state index contributed by atoms with van der Waals surface area (Å²) in [5.41, 5.74) is 2.52. The fourth-order valence-electron chi connectivity index (χ4n) is 2.50. The third kappa shape index (κ3) is 4.40. The molecule has 0 amide bonds. The van der Waals surface area contributed by atoms with Crippen molar-refractivity contribution >= 4 is 10.8 Å². The van der Waals surface area contributed by atoms with E-state index in [2.05, 4.69) is 49.1 Å². The minimum atomic E-state index is 0.646. The van der Waals surface area contributed by atoms with Crippen LogP contribution in [0.2, 0.25) is 0 Å². The maximum absolute atomic E-state index is 8.82. The molecule has 3 rings (SSSR count). The van der Waals surface area contributed by atoms with E-state index in [1.807, 2.05) is 24.3 Å². The molecule has 0 saturated carbocycles. The van der Waals surface area contributed by atoms with Crippen LogP contribution in [-0.4, -0.2) is 6.61 Å². The molecule has 0 aliphatic rings. The van der Waals surface area contributed by atoms with Crippen molar-refractivity contribution < 1.29 is 4.74 Å². The highest BCUT2D eigenvalue weighted by molar-refractivity contribution is 5.85. The molecular formula is C23H19NO. The van der Waals surface area contributed by atoms with Crippen molar-refractivity contribution in [2.24, 2.45) is 0 Å². The highest BCUT2D eigenvalue weighted by atomic mass is 16.5. The van der Waals surface area contributed by atoms with Crippen LogP contribution in [0.5, 0.6) is 5.75 Å². The zero-order chi connectivity index (χ0) is 17.5. The maximum Gasteiger partial charge on any atom is 0.119 e. The minimum Gasteiger partial charge on any atom is -0.494 e. The van der Waals surface area contributed by atoms with E-state index in [1.165, 1.54) is 0 Å². The van der Waals surface area contributed by atoms with Crippen molar-refractivity contribution in [3.63, 3.8) is 0 Å². The Morgan fingerprint density at radius 1 is 0.800 bits per heavy atom. The molecule has 0 bridgehead atoms. The first-order valence-corrected chi connectivity index (χ1v) is 8.47. The van der Waals surface area contributed by atoms with Gasteiger partial charge >= 0.3 is 0 Å². The summed E-state index contributed by atoms with van der Waals surface area (Å²) in [6.45, 7) is 2.92. The number of nitriles is 1. The van der Waals surface area contributed by atoms with Crippen LogP contribution in [0, 0.1) is 23.2 Å². The third-order valence-electron chi connectivity index (χ3n) is 3.94. The summed E-state index contributed by atoms with van der Waals surface area (Å²) in [7, 11) is 0. The lowest BCUT2D eigenvalue weighted by Crippen LogP contribution is -1.96. The highest BCUT2D eigenvalue weighted by Crippen LogP contribution is 2.22. The first-order valence-electron chi connectivity index (χ1n) is 8.47. The van der Waals surface area contributed by atoms with Gasteiger partial charge in [0.25, 0.3) is 0 Å². The monoisotopic (exact) mass is 325 g/mol. The predicted octanol–water partition coefficient (Wildman–Crippen LogP) is 5.29. The zero-order valence-corrected chi connectivity index (χ0v) is 14.3. The predicted molar refractivity (Wildman–Crippen MR) is 101 cm³/mol. The second kappa shape index (κ2) is 8.04. The Morgan fingerprint density at radius 3 is 2.20 bits per heavy atom. The van der Waals surface area contributed by atoms with Gasteiger partial charge in [-0.2, -0.15) is 5.26 Å². The van der Waals surface area contributed by atoms with Crippen LogP contribution in [0.1, 0.15) is 36.5 Å². The quantitative estimate of drug-likeness (QED) is 0.482. The van der Waals surface area contributed by atoms with Crippen molar-refractivity contribution in [1.82, 2.24) is 0 Å². The summed E-state index contributed by atoms with van der Waals surface area (Å²) in [5.74, 6) is 7.24. The Bertz CT molecular complexity index is 969. The molecule has 2 heteroatoms. The van der Waals surface area contributed by atoms with Gasteiger partial charge in [0, 0.05) is 11.1 Å². The molecular weight excluding hydrogens is 306 g/mol. The second-order valence-electron chi connectivity index (χ2n) is 5.86. The fourth-order valence-corrected chi connectivity index (χ4v) is 2.50. The molecule has 122 valence electrons. The van der Waals surface area contributed by atoms with E-state index in [9.17, 15) is 0 Å². The molecule has 3 aromatic carbocycles. The van der Waals surface area contributed by atoms with Crippen LogP contribution < -0.4 is 4.74 Å². The van der Waals surface area contributed by atoms with Crippen molar-refractivity contribution in [2.75, 3.05) is 6.61 Å². The molecule has 0 aliphatic carbocycles. The summed E-state index contributed by atoms with van der Waals surface area (Å²) in [6.07, 6.45) is 2.21. The molecule has 0 aromatic heterocycles. The first-order chi connectivity index (χ1) is 12.3. The lowest BCUT2D eigenvalue weighted by Gasteiger charge is -2.06. The van der Waals surface area contributed by atoms with E-state index in [0.29, 0.717) is 5.56 Å². The number of nitrogens with zero attached hydrogens (tertiary/aromatic N) is 1. The number of fused-ring (bicyclic) bond motifs is 1. The number of benzene rings is 3. The van der Waals surface area contributed by atoms with E-state index in [4.69, 9.17) is 10.00 Å². The second-order valence-corrected chi connectivity index (χ2v) is 5.86. The molecule has 0 atom stereocenters. The van der Waals surface area contributed by atoms with Crippen LogP contribution in [-0.2, 0) is 0 Å². The lowest BCUT2D eigenvalue weighted by molar-refractivity contribution is 0.310. The number of rotatable bonds is 4. The van der Waals surface area contributed by atoms with Gasteiger partial charge in [-0.05, 0) is 65.7 Å². The molecule has 0 fully saturated rings. The van der Waals surface area contributed by atoms with Gasteiger partial charge < -0.3 is 4.74 Å². The molecule has 0 N–H and O–H groups in total. The van der Waals surface area contributed by atoms with Gasteiger partial charge in [0.05, 0.1) is 18.2 Å². The van der Waals surface area contributed by atoms with Crippen molar-refractivity contribution in [3.8, 4) is 23.7 Å². The van der Waals surface area contributed by atoms with Gasteiger partial charge in [0.15, 0.2) is 0 Å². The van der Waals surface area contributed by atoms with E-state index in [0.717, 1.165) is 47.1 Å². The van der Waals surface area contributed by atoms with E-state index >= 15 is 0 Å². The van der Waals surface area contributed by atoms with E-state index < -0.39 is 0 Å². The number of unbranched alkanes of at least 4 members (excludes halogenated alkanes) is 1. The highest BCUT2D eigenvalue weighted by Gasteiger charge is 1.99. The van der Waals surface area contributed by atoms with Gasteiger partial charge in [0.2, 0.25) is 0 Å². The largest absolute Gasteiger partial charge is 0.494 e. The molecule has 3 aromatic rings. The Balaban J connectivity index is 1.78. The van der Waals surface area contributed by atoms with Crippen molar-refractivity contribution in [1.29, 1.82) is 5.26 Å². The minimum absolute atomic E-state index is 0.646. The van der Waals surface area contributed by atoms with Crippen molar-refractivity contribution in [3.05, 3.63) is 77.4 Å². The zero-order valence-electron chi connectivity index (χ0n) is 14.3. The molecule has 2 nitrogen and oxygen atoms in total. The molecule has 0 heterocycles. The third-order valence-corrected chi connectivity index (χ3v) is 3.94. The molecule has 0 unspecified atom stereocenters. The standard InChI is InChI=1S/C23H19NO/c1-2-3-14-25-23-13-12-21-15-19(10-11-22(21)16-23)7-4-18-5-8-20(17-24)9-6-18/h5-6,8-13,15-16H,2-3,14H2,1H3. The topological polar surface area (TPSA) is 33.0 Å². The lowest BCUT2D eigenvalue weighted by atomic mass is 10.1. The Hall–Kier alpha value is -3.23. The average molecular weight is 325 g/mol. The van der Waals surface area contributed by atoms with Crippen molar-refractivity contribution in [2.45, 2.75) is 19.8 Å². The average Bonchev–Trinajstić information content (AvgIpc) is 2.67. The normalized spacial score (nSPS) is 9.92. The van der Waals surface area contributed by atoms with Gasteiger partial charge in [-0.1, -0.05) is 37.3 Å². The van der Waals surface area contributed by atoms with Crippen LogP contribution in [0.15, 0.2) is 60.7 Å². The SMILES string of the molecule is CCCCOc1ccc2cc(C#Cc3ccc(C#N)cc3)ccc2c1. The molecule has 25 heavy (non-hydrogen) atoms. The summed E-state index contributed by atoms with van der Waals surface area (Å²) < 4.78 is 5.76. The number of ether oxygens (including phenoxy) is 1. The Morgan fingerprint density at radius 2 is 1.44 bits per heavy atom. The number of hydrogen-bond acceptors (Lipinski definition) is 2. The Labute approximate surface area is 148 Å². The van der Waals surface area contributed by atoms with Gasteiger partial charge in [-0.25, -0.2) is 0 Å². The smallest absolute Gasteiger partial charge is 0.119 e. The summed E-state index contributed by atoms with van der Waals surface area (Å²) in [4.78, 5) is 0. The van der Waals surface area contributed by atoms with Gasteiger partial charge in [-0.15, -0.1) is 0 Å². The summed E-state index contributed by atoms with van der Waals surface area (Å²) in [6, 6.07) is 21.7. The first kappa shape index (κ1) is 16.6. The fraction of sp³-hybridized carbons (Fsp3) is 0.174. The van der Waals surface area contributed by atoms with Crippen LogP contribution in [0.3, 0.4) is 0 Å². The molecule has 0 radical (unpaired) electrons. The molecule has 0 saturated heterocycles. The maximum atomic E-state index is 8.82. The number of hydrogen-bond donors (Lipinski definition) is 0. The Kier molecular flexibility index (Phi) is 5.35. The summed E-state index contributed by atoms with van der Waals surface area (Å²) in [5, 5.41) is 11.1. The summed E-state index contributed by atoms with van der Waals surface area (Å²) >= 11 is 0. The molecule has 0 aliphatic heterocycles. The van der Waals surface area contributed by atoms with Crippen LogP contribution in [0.4, 0.5) is 0 Å². The van der Waals surface area contributed by atoms with E-state index in [-0.39, 0.29) is 0 Å². The van der Waals surface area contributed by atoms with Gasteiger partial charge in [0.1, 0.15) is 5.75 Å². The van der Waals surface area contributed by atoms with Crippen LogP contribution >= 0.6 is 0 Å². The molecule has 0 spiro atoms. The van der Waals surface area contributed by atoms with Gasteiger partial charge in [-0.3, -0.25) is 0 Å². The van der Waals surface area contributed by atoms with E-state index in [1.54, 1.807) is 12.1 Å². The van der Waals surface area contributed by atoms with Crippen LogP contribution in [0.25, 0.3) is 10.8 Å².